The van der Waals surface area contributed by atoms with Gasteiger partial charge in [-0.05, 0) is 51.0 Å². The predicted molar refractivity (Wildman–Crippen MR) is 179 cm³/mol. The number of cyclic esters (lactones) is 1. The van der Waals surface area contributed by atoms with Crippen LogP contribution in [0.2, 0.25) is 0 Å². The molecule has 13 atom stereocenters. The summed E-state index contributed by atoms with van der Waals surface area (Å²) in [6, 6.07) is 0. The normalized spacial score (nSPS) is 38.7. The van der Waals surface area contributed by atoms with Gasteiger partial charge >= 0.3 is 18.1 Å². The molecule has 2 fully saturated rings. The summed E-state index contributed by atoms with van der Waals surface area (Å²) in [5.41, 5.74) is 0.411. The maximum atomic E-state index is 13.6. The van der Waals surface area contributed by atoms with Gasteiger partial charge in [-0.2, -0.15) is 0 Å². The lowest BCUT2D eigenvalue weighted by atomic mass is 9.57. The number of allylic oxidation sites excluding steroid dienone is 3. The number of methoxy groups -OCH3 is 1. The fourth-order valence-corrected chi connectivity index (χ4v) is 8.87. The van der Waals surface area contributed by atoms with E-state index >= 15 is 0 Å². The minimum Gasteiger partial charge on any atom is -0.456 e. The van der Waals surface area contributed by atoms with E-state index in [1.54, 1.807) is 13.0 Å². The number of rotatable bonds is 12. The van der Waals surface area contributed by atoms with Gasteiger partial charge in [0, 0.05) is 48.9 Å². The molecule has 11 nitrogen and oxygen atoms in total. The largest absolute Gasteiger partial charge is 0.508 e. The highest BCUT2D eigenvalue weighted by atomic mass is 16.7. The zero-order chi connectivity index (χ0) is 35.5. The van der Waals surface area contributed by atoms with Crippen LogP contribution in [0.3, 0.4) is 0 Å². The summed E-state index contributed by atoms with van der Waals surface area (Å²) >= 11 is 0. The second-order valence-electron chi connectivity index (χ2n) is 14.5. The van der Waals surface area contributed by atoms with Crippen molar-refractivity contribution >= 4 is 18.1 Å². The minimum atomic E-state index is -1.01. The molecular weight excluding hydrogens is 632 g/mol. The van der Waals surface area contributed by atoms with Crippen LogP contribution in [0.25, 0.3) is 0 Å². The number of aliphatic hydroxyl groups is 2. The smallest absolute Gasteiger partial charge is 0.456 e. The van der Waals surface area contributed by atoms with Crippen molar-refractivity contribution in [1.29, 1.82) is 0 Å². The average Bonchev–Trinajstić information content (AvgIpc) is 3.67. The second-order valence-corrected chi connectivity index (χ2v) is 14.5. The van der Waals surface area contributed by atoms with E-state index in [0.29, 0.717) is 24.8 Å². The first kappa shape index (κ1) is 37.3. The molecule has 3 aliphatic carbocycles. The van der Waals surface area contributed by atoms with Gasteiger partial charge in [0.05, 0.1) is 12.7 Å². The lowest BCUT2D eigenvalue weighted by Gasteiger charge is -2.49. The van der Waals surface area contributed by atoms with Crippen LogP contribution in [0, 0.1) is 35.5 Å². The molecule has 2 aliphatic heterocycles. The Balaban J connectivity index is 1.39. The lowest BCUT2D eigenvalue weighted by Crippen LogP contribution is -2.57. The van der Waals surface area contributed by atoms with Crippen LogP contribution in [-0.2, 0) is 38.0 Å². The van der Waals surface area contributed by atoms with Gasteiger partial charge in [-0.3, -0.25) is 0 Å². The zero-order valence-electron chi connectivity index (χ0n) is 29.6. The quantitative estimate of drug-likeness (QED) is 0.163. The number of aliphatic hydroxyl groups excluding tert-OH is 2. The Kier molecular flexibility index (Phi) is 12.1. The zero-order valence-corrected chi connectivity index (χ0v) is 29.6. The Morgan fingerprint density at radius 2 is 1.94 bits per heavy atom. The van der Waals surface area contributed by atoms with Crippen LogP contribution in [0.15, 0.2) is 47.6 Å². The van der Waals surface area contributed by atoms with Crippen molar-refractivity contribution in [3.8, 4) is 0 Å². The third-order valence-electron chi connectivity index (χ3n) is 11.4. The molecule has 0 aromatic heterocycles. The van der Waals surface area contributed by atoms with Crippen molar-refractivity contribution in [3.63, 3.8) is 0 Å². The molecule has 49 heavy (non-hydrogen) atoms. The molecule has 1 saturated heterocycles. The second kappa shape index (κ2) is 15.9. The Bertz CT molecular complexity index is 1330. The van der Waals surface area contributed by atoms with E-state index in [0.717, 1.165) is 18.4 Å². The molecule has 5 rings (SSSR count). The van der Waals surface area contributed by atoms with Crippen LogP contribution >= 0.6 is 0 Å². The molecule has 0 radical (unpaired) electrons. The first-order valence-corrected chi connectivity index (χ1v) is 17.9. The summed E-state index contributed by atoms with van der Waals surface area (Å²) in [5, 5.41) is 21.3. The highest BCUT2D eigenvalue weighted by Crippen LogP contribution is 2.61. The maximum Gasteiger partial charge on any atom is 0.508 e. The summed E-state index contributed by atoms with van der Waals surface area (Å²) in [7, 11) is 1.45. The topological polar surface area (TPSA) is 147 Å². The maximum absolute atomic E-state index is 13.6. The van der Waals surface area contributed by atoms with E-state index in [1.807, 2.05) is 51.2 Å². The van der Waals surface area contributed by atoms with Crippen molar-refractivity contribution in [2.45, 2.75) is 115 Å². The highest BCUT2D eigenvalue weighted by molar-refractivity contribution is 5.90. The molecule has 272 valence electrons. The number of hydrogen-bond acceptors (Lipinski definition) is 11. The number of carbonyl (C=O) groups is 3. The fraction of sp³-hybridized carbons (Fsp3) is 0.711. The molecule has 1 saturated carbocycles. The minimum absolute atomic E-state index is 0.0836. The van der Waals surface area contributed by atoms with Crippen molar-refractivity contribution in [2.75, 3.05) is 20.3 Å². The fourth-order valence-electron chi connectivity index (χ4n) is 8.87. The summed E-state index contributed by atoms with van der Waals surface area (Å²) in [6.45, 7) is 9.73. The van der Waals surface area contributed by atoms with E-state index in [1.165, 1.54) is 7.11 Å². The van der Waals surface area contributed by atoms with Crippen LogP contribution < -0.4 is 0 Å². The predicted octanol–water partition coefficient (Wildman–Crippen LogP) is 4.99. The lowest BCUT2D eigenvalue weighted by molar-refractivity contribution is -0.174. The van der Waals surface area contributed by atoms with Crippen LogP contribution in [-0.4, -0.2) is 90.9 Å². The molecule has 0 amide bonds. The first-order chi connectivity index (χ1) is 23.5. The average molecular weight is 687 g/mol. The number of carbonyl (C=O) groups excluding carboxylic acids is 3. The van der Waals surface area contributed by atoms with E-state index in [9.17, 15) is 24.6 Å². The third kappa shape index (κ3) is 7.41. The highest BCUT2D eigenvalue weighted by Gasteiger charge is 2.69. The van der Waals surface area contributed by atoms with Crippen molar-refractivity contribution in [2.24, 2.45) is 35.5 Å². The Morgan fingerprint density at radius 3 is 2.61 bits per heavy atom. The summed E-state index contributed by atoms with van der Waals surface area (Å²) in [5.74, 6) is -2.50. The van der Waals surface area contributed by atoms with Gasteiger partial charge in [0.2, 0.25) is 0 Å². The first-order valence-electron chi connectivity index (χ1n) is 17.9. The van der Waals surface area contributed by atoms with E-state index in [4.69, 9.17) is 28.4 Å². The Labute approximate surface area is 289 Å². The Hall–Kier alpha value is -2.99. The number of esters is 2. The van der Waals surface area contributed by atoms with Crippen molar-refractivity contribution in [1.82, 2.24) is 0 Å². The van der Waals surface area contributed by atoms with Gasteiger partial charge in [-0.15, -0.1) is 0 Å². The molecule has 0 aromatic rings. The SMILES string of the molecule is CCCC(CCO)CCOC(=O)O[C@H](C)[C@H]1OC(=O)[C@@H](OC)CC2C=C[C@H]3[C@H]4O[C@]2(/C(C)=C/[C@H]1C)[C@@H]3[C@H](O)[C@@H](C)[C@H]4OC(=O)C1=CC=CC1. The van der Waals surface area contributed by atoms with Gasteiger partial charge in [-0.1, -0.05) is 70.1 Å². The third-order valence-corrected chi connectivity index (χ3v) is 11.4. The number of hydrogen-bond donors (Lipinski definition) is 2. The summed E-state index contributed by atoms with van der Waals surface area (Å²) < 4.78 is 35.9. The molecular formula is C38H54O11. The molecule has 2 N–H and O–H groups in total. The molecule has 11 heteroatoms. The summed E-state index contributed by atoms with van der Waals surface area (Å²) in [4.78, 5) is 39.5. The van der Waals surface area contributed by atoms with Crippen molar-refractivity contribution in [3.05, 3.63) is 47.6 Å². The van der Waals surface area contributed by atoms with Gasteiger partial charge in [0.1, 0.15) is 30.0 Å². The van der Waals surface area contributed by atoms with E-state index < -0.39 is 72.2 Å². The molecule has 2 heterocycles. The van der Waals surface area contributed by atoms with Gasteiger partial charge in [0.25, 0.3) is 0 Å². The van der Waals surface area contributed by atoms with Crippen LogP contribution in [0.5, 0.6) is 0 Å². The van der Waals surface area contributed by atoms with E-state index in [-0.39, 0.29) is 43.3 Å². The molecule has 4 bridgehead atoms. The van der Waals surface area contributed by atoms with Crippen molar-refractivity contribution < 1.29 is 53.0 Å². The summed E-state index contributed by atoms with van der Waals surface area (Å²) in [6.07, 6.45) is 9.85. The standard InChI is InChI=1S/C38H54O11/c1-7-10-25(15-17-39)16-18-45-37(43)46-24(5)32-21(2)19-22(3)38-27(20-29(44-6)36(42)47-32)13-14-28-30(38)31(40)23(4)33(34(28)49-38)48-35(41)26-11-8-9-12-26/h8-9,11,13-14,19,21,23-25,27-34,39-40H,7,10,12,15-18,20H2,1-6H3/b22-19+/t21-,23-,24-,25?,27?,28-,29+,30+,31-,32+,33-,34-,38+/m1/s1. The van der Waals surface area contributed by atoms with Gasteiger partial charge in [-0.25, -0.2) is 14.4 Å². The Morgan fingerprint density at radius 1 is 1.16 bits per heavy atom. The van der Waals surface area contributed by atoms with Crippen LogP contribution in [0.4, 0.5) is 4.79 Å². The van der Waals surface area contributed by atoms with E-state index in [2.05, 4.69) is 6.92 Å². The molecule has 1 spiro atoms. The molecule has 0 aromatic carbocycles. The van der Waals surface area contributed by atoms with Gasteiger partial charge < -0.3 is 38.6 Å². The number of ether oxygens (including phenoxy) is 6. The van der Waals surface area contributed by atoms with Gasteiger partial charge in [0.15, 0.2) is 6.10 Å². The van der Waals surface area contributed by atoms with Crippen LogP contribution in [0.1, 0.15) is 73.1 Å². The molecule has 5 aliphatic rings. The monoisotopic (exact) mass is 686 g/mol. The molecule has 2 unspecified atom stereocenters.